The number of rotatable bonds is 4. The summed E-state index contributed by atoms with van der Waals surface area (Å²) < 4.78 is 0. The van der Waals surface area contributed by atoms with Crippen molar-refractivity contribution in [2.24, 2.45) is 5.92 Å². The van der Waals surface area contributed by atoms with Crippen LogP contribution >= 0.6 is 0 Å². The van der Waals surface area contributed by atoms with Crippen molar-refractivity contribution in [2.75, 3.05) is 25.4 Å². The first-order chi connectivity index (χ1) is 9.22. The van der Waals surface area contributed by atoms with Gasteiger partial charge in [0.15, 0.2) is 0 Å². The third kappa shape index (κ3) is 2.79. The molecule has 1 atom stereocenters. The van der Waals surface area contributed by atoms with Crippen LogP contribution in [0.4, 0.5) is 5.69 Å². The molecule has 1 saturated heterocycles. The zero-order valence-electron chi connectivity index (χ0n) is 12.1. The summed E-state index contributed by atoms with van der Waals surface area (Å²) in [6.45, 7) is 6.20. The molecule has 0 radical (unpaired) electrons. The summed E-state index contributed by atoms with van der Waals surface area (Å²) >= 11 is 0. The third-order valence-electron chi connectivity index (χ3n) is 5.08. The molecule has 0 aromatic heterocycles. The number of benzene rings is 1. The highest BCUT2D eigenvalue weighted by Crippen LogP contribution is 2.49. The number of hydrogen-bond donors (Lipinski definition) is 1. The number of piperidine rings is 1. The van der Waals surface area contributed by atoms with E-state index in [1.54, 1.807) is 0 Å². The quantitative estimate of drug-likeness (QED) is 0.838. The minimum atomic E-state index is 0.448. The van der Waals surface area contributed by atoms with Gasteiger partial charge >= 0.3 is 0 Å². The summed E-state index contributed by atoms with van der Waals surface area (Å²) in [5.41, 5.74) is 8.63. The Morgan fingerprint density at radius 1 is 1.26 bits per heavy atom. The number of anilines is 1. The van der Waals surface area contributed by atoms with E-state index in [2.05, 4.69) is 36.1 Å². The van der Waals surface area contributed by atoms with E-state index in [1.807, 2.05) is 0 Å². The first kappa shape index (κ1) is 13.0. The van der Waals surface area contributed by atoms with Crippen LogP contribution in [-0.4, -0.2) is 24.5 Å². The Bertz CT molecular complexity index is 419. The molecule has 1 aromatic carbocycles. The lowest BCUT2D eigenvalue weighted by molar-refractivity contribution is 0.158. The standard InChI is InChI=1S/C17H26N2/c1-2-14-4-3-11-19(12-14)13-17(9-10-17)15-5-7-16(18)8-6-15/h5-8,14H,2-4,9-13,18H2,1H3. The van der Waals surface area contributed by atoms with E-state index < -0.39 is 0 Å². The first-order valence-corrected chi connectivity index (χ1v) is 7.80. The van der Waals surface area contributed by atoms with E-state index >= 15 is 0 Å². The summed E-state index contributed by atoms with van der Waals surface area (Å²) in [5, 5.41) is 0. The molecule has 2 nitrogen and oxygen atoms in total. The second kappa shape index (κ2) is 5.16. The molecule has 1 aliphatic carbocycles. The van der Waals surface area contributed by atoms with Crippen LogP contribution in [0.1, 0.15) is 44.6 Å². The van der Waals surface area contributed by atoms with Gasteiger partial charge in [-0.25, -0.2) is 0 Å². The zero-order chi connectivity index (χ0) is 13.3. The topological polar surface area (TPSA) is 29.3 Å². The number of nitrogens with zero attached hydrogens (tertiary/aromatic N) is 1. The van der Waals surface area contributed by atoms with Crippen LogP contribution in [0, 0.1) is 5.92 Å². The molecule has 19 heavy (non-hydrogen) atoms. The van der Waals surface area contributed by atoms with E-state index in [0.29, 0.717) is 5.41 Å². The van der Waals surface area contributed by atoms with Crippen molar-refractivity contribution in [1.29, 1.82) is 0 Å². The van der Waals surface area contributed by atoms with Crippen molar-refractivity contribution in [3.8, 4) is 0 Å². The fraction of sp³-hybridized carbons (Fsp3) is 0.647. The predicted molar refractivity (Wildman–Crippen MR) is 81.2 cm³/mol. The molecule has 0 bridgehead atoms. The second-order valence-corrected chi connectivity index (χ2v) is 6.55. The van der Waals surface area contributed by atoms with E-state index in [1.165, 1.54) is 57.3 Å². The normalized spacial score (nSPS) is 26.3. The van der Waals surface area contributed by atoms with Crippen molar-refractivity contribution < 1.29 is 0 Å². The second-order valence-electron chi connectivity index (χ2n) is 6.55. The van der Waals surface area contributed by atoms with Gasteiger partial charge in [-0.3, -0.25) is 0 Å². The summed E-state index contributed by atoms with van der Waals surface area (Å²) in [7, 11) is 0. The van der Waals surface area contributed by atoms with Crippen LogP contribution in [0.25, 0.3) is 0 Å². The molecule has 3 rings (SSSR count). The van der Waals surface area contributed by atoms with Gasteiger partial charge in [0.1, 0.15) is 0 Å². The van der Waals surface area contributed by atoms with Gasteiger partial charge in [-0.2, -0.15) is 0 Å². The fourth-order valence-electron chi connectivity index (χ4n) is 3.58. The summed E-state index contributed by atoms with van der Waals surface area (Å²) in [6.07, 6.45) is 6.86. The molecule has 1 aliphatic heterocycles. The lowest BCUT2D eigenvalue weighted by Gasteiger charge is -2.35. The average molecular weight is 258 g/mol. The van der Waals surface area contributed by atoms with Crippen LogP contribution in [0.15, 0.2) is 24.3 Å². The summed E-state index contributed by atoms with van der Waals surface area (Å²) in [5.74, 6) is 0.927. The average Bonchev–Trinajstić information content (AvgIpc) is 3.20. The Kier molecular flexibility index (Phi) is 3.53. The molecule has 1 saturated carbocycles. The first-order valence-electron chi connectivity index (χ1n) is 7.80. The van der Waals surface area contributed by atoms with Crippen molar-refractivity contribution in [3.05, 3.63) is 29.8 Å². The Hall–Kier alpha value is -1.02. The predicted octanol–water partition coefficient (Wildman–Crippen LogP) is 3.42. The lowest BCUT2D eigenvalue weighted by Crippen LogP contribution is -2.40. The number of nitrogen functional groups attached to an aromatic ring is 1. The molecule has 2 fully saturated rings. The molecular weight excluding hydrogens is 232 g/mol. The highest BCUT2D eigenvalue weighted by Gasteiger charge is 2.45. The van der Waals surface area contributed by atoms with E-state index in [0.717, 1.165) is 11.6 Å². The van der Waals surface area contributed by atoms with E-state index in [4.69, 9.17) is 5.73 Å². The molecule has 2 heteroatoms. The highest BCUT2D eigenvalue weighted by molar-refractivity contribution is 5.43. The van der Waals surface area contributed by atoms with Gasteiger partial charge in [0.05, 0.1) is 0 Å². The van der Waals surface area contributed by atoms with Crippen LogP contribution in [-0.2, 0) is 5.41 Å². The Morgan fingerprint density at radius 3 is 2.63 bits per heavy atom. The molecule has 0 amide bonds. The molecule has 2 aliphatic rings. The Morgan fingerprint density at radius 2 is 2.00 bits per heavy atom. The van der Waals surface area contributed by atoms with Crippen LogP contribution in [0.5, 0.6) is 0 Å². The molecule has 0 spiro atoms. The minimum absolute atomic E-state index is 0.448. The molecular formula is C17H26N2. The van der Waals surface area contributed by atoms with E-state index in [9.17, 15) is 0 Å². The maximum absolute atomic E-state index is 5.80. The van der Waals surface area contributed by atoms with E-state index in [-0.39, 0.29) is 0 Å². The molecule has 1 heterocycles. The monoisotopic (exact) mass is 258 g/mol. The minimum Gasteiger partial charge on any atom is -0.399 e. The van der Waals surface area contributed by atoms with Crippen molar-refractivity contribution in [1.82, 2.24) is 4.90 Å². The van der Waals surface area contributed by atoms with Gasteiger partial charge in [0.2, 0.25) is 0 Å². The maximum Gasteiger partial charge on any atom is 0.0314 e. The number of nitrogens with two attached hydrogens (primary N) is 1. The van der Waals surface area contributed by atoms with Gasteiger partial charge in [-0.1, -0.05) is 25.5 Å². The SMILES string of the molecule is CCC1CCCN(CC2(c3ccc(N)cc3)CC2)C1. The van der Waals surface area contributed by atoms with Crippen molar-refractivity contribution >= 4 is 5.69 Å². The molecule has 104 valence electrons. The Balaban J connectivity index is 1.67. The number of hydrogen-bond acceptors (Lipinski definition) is 2. The van der Waals surface area contributed by atoms with Crippen molar-refractivity contribution in [2.45, 2.75) is 44.4 Å². The van der Waals surface area contributed by atoms with Gasteiger partial charge in [-0.15, -0.1) is 0 Å². The van der Waals surface area contributed by atoms with Gasteiger partial charge in [0.25, 0.3) is 0 Å². The third-order valence-corrected chi connectivity index (χ3v) is 5.08. The number of likely N-dealkylation sites (tertiary alicyclic amines) is 1. The van der Waals surface area contributed by atoms with Gasteiger partial charge in [-0.05, 0) is 55.8 Å². The smallest absolute Gasteiger partial charge is 0.0314 e. The highest BCUT2D eigenvalue weighted by atomic mass is 15.1. The summed E-state index contributed by atoms with van der Waals surface area (Å²) in [6, 6.07) is 8.59. The fourth-order valence-corrected chi connectivity index (χ4v) is 3.58. The zero-order valence-corrected chi connectivity index (χ0v) is 12.1. The van der Waals surface area contributed by atoms with Crippen molar-refractivity contribution in [3.63, 3.8) is 0 Å². The largest absolute Gasteiger partial charge is 0.399 e. The maximum atomic E-state index is 5.80. The summed E-state index contributed by atoms with van der Waals surface area (Å²) in [4.78, 5) is 2.71. The Labute approximate surface area is 117 Å². The molecule has 2 N–H and O–H groups in total. The van der Waals surface area contributed by atoms with Crippen LogP contribution in [0.2, 0.25) is 0 Å². The lowest BCUT2D eigenvalue weighted by atomic mass is 9.91. The van der Waals surface area contributed by atoms with Crippen LogP contribution < -0.4 is 5.73 Å². The van der Waals surface area contributed by atoms with Gasteiger partial charge < -0.3 is 10.6 Å². The van der Waals surface area contributed by atoms with Gasteiger partial charge in [0, 0.05) is 24.2 Å². The van der Waals surface area contributed by atoms with Crippen LogP contribution in [0.3, 0.4) is 0 Å². The molecule has 1 unspecified atom stereocenters. The molecule has 1 aromatic rings.